The monoisotopic (exact) mass is 272 g/mol. The second-order valence-electron chi connectivity index (χ2n) is 5.44. The lowest BCUT2D eigenvalue weighted by molar-refractivity contribution is 0.509. The van der Waals surface area contributed by atoms with E-state index in [9.17, 15) is 0 Å². The maximum Gasteiger partial charge on any atom is 0.172 e. The van der Waals surface area contributed by atoms with Crippen LogP contribution in [0.1, 0.15) is 36.5 Å². The van der Waals surface area contributed by atoms with Crippen LogP contribution < -0.4 is 0 Å². The zero-order valence-corrected chi connectivity index (χ0v) is 12.0. The highest BCUT2D eigenvalue weighted by molar-refractivity contribution is 7.19. The van der Waals surface area contributed by atoms with Gasteiger partial charge in [-0.15, -0.1) is 21.5 Å². The van der Waals surface area contributed by atoms with E-state index in [1.807, 2.05) is 22.1 Å². The van der Waals surface area contributed by atoms with Crippen molar-refractivity contribution in [1.29, 1.82) is 0 Å². The normalized spacial score (nSPS) is 19.2. The lowest BCUT2D eigenvalue weighted by atomic mass is 9.89. The average molecular weight is 272 g/mol. The van der Waals surface area contributed by atoms with Crippen LogP contribution in [0.3, 0.4) is 0 Å². The standard InChI is InChI=1S/C14H16N4S/c1-3-11-16-17-13-12-9-5-4-8(2)6-10(9)19-14(12)15-7-18(11)13/h7-8H,3-6H2,1-2H3/t8-/m0/s1. The van der Waals surface area contributed by atoms with E-state index in [4.69, 9.17) is 0 Å². The summed E-state index contributed by atoms with van der Waals surface area (Å²) in [6.07, 6.45) is 6.39. The predicted octanol–water partition coefficient (Wildman–Crippen LogP) is 3.03. The van der Waals surface area contributed by atoms with Gasteiger partial charge in [0.15, 0.2) is 5.65 Å². The topological polar surface area (TPSA) is 43.1 Å². The van der Waals surface area contributed by atoms with E-state index in [0.717, 1.165) is 35.1 Å². The fourth-order valence-corrected chi connectivity index (χ4v) is 4.37. The Hall–Kier alpha value is -1.49. The number of aromatic nitrogens is 4. The minimum atomic E-state index is 0.792. The molecule has 1 aliphatic rings. The van der Waals surface area contributed by atoms with Crippen LogP contribution in [0.25, 0.3) is 15.9 Å². The molecule has 5 heteroatoms. The van der Waals surface area contributed by atoms with Crippen molar-refractivity contribution >= 4 is 27.2 Å². The summed E-state index contributed by atoms with van der Waals surface area (Å²) in [5.74, 6) is 1.79. The van der Waals surface area contributed by atoms with Crippen LogP contribution in [-0.4, -0.2) is 19.6 Å². The quantitative estimate of drug-likeness (QED) is 0.684. The Morgan fingerprint density at radius 2 is 2.32 bits per heavy atom. The Balaban J connectivity index is 2.07. The van der Waals surface area contributed by atoms with Crippen molar-refractivity contribution in [2.75, 3.05) is 0 Å². The van der Waals surface area contributed by atoms with E-state index in [0.29, 0.717) is 0 Å². The predicted molar refractivity (Wildman–Crippen MR) is 76.7 cm³/mol. The summed E-state index contributed by atoms with van der Waals surface area (Å²) in [5.41, 5.74) is 2.47. The van der Waals surface area contributed by atoms with Gasteiger partial charge in [0.2, 0.25) is 0 Å². The molecule has 4 rings (SSSR count). The lowest BCUT2D eigenvalue weighted by Crippen LogP contribution is -2.08. The summed E-state index contributed by atoms with van der Waals surface area (Å²) in [7, 11) is 0. The van der Waals surface area contributed by atoms with Crippen molar-refractivity contribution in [2.45, 2.75) is 39.5 Å². The Labute approximate surface area is 115 Å². The Kier molecular flexibility index (Phi) is 2.39. The van der Waals surface area contributed by atoms with Crippen LogP contribution in [0.4, 0.5) is 0 Å². The fraction of sp³-hybridized carbons (Fsp3) is 0.500. The van der Waals surface area contributed by atoms with E-state index in [2.05, 4.69) is 29.0 Å². The van der Waals surface area contributed by atoms with Gasteiger partial charge in [0.1, 0.15) is 17.0 Å². The molecule has 0 radical (unpaired) electrons. The third kappa shape index (κ3) is 1.54. The summed E-state index contributed by atoms with van der Waals surface area (Å²) in [6.45, 7) is 4.44. The van der Waals surface area contributed by atoms with E-state index >= 15 is 0 Å². The summed E-state index contributed by atoms with van der Waals surface area (Å²) in [4.78, 5) is 7.26. The van der Waals surface area contributed by atoms with Gasteiger partial charge in [-0.05, 0) is 30.7 Å². The molecule has 0 bridgehead atoms. The summed E-state index contributed by atoms with van der Waals surface area (Å²) in [6, 6.07) is 0. The molecule has 0 saturated carbocycles. The van der Waals surface area contributed by atoms with Crippen molar-refractivity contribution in [3.05, 3.63) is 22.6 Å². The highest BCUT2D eigenvalue weighted by atomic mass is 32.1. The van der Waals surface area contributed by atoms with Crippen LogP contribution in [-0.2, 0) is 19.3 Å². The molecular weight excluding hydrogens is 256 g/mol. The molecule has 0 amide bonds. The van der Waals surface area contributed by atoms with Gasteiger partial charge in [0.25, 0.3) is 0 Å². The summed E-state index contributed by atoms with van der Waals surface area (Å²) in [5, 5.41) is 9.93. The molecule has 0 aliphatic heterocycles. The average Bonchev–Trinajstić information content (AvgIpc) is 2.97. The highest BCUT2D eigenvalue weighted by Gasteiger charge is 2.23. The molecule has 98 valence electrons. The zero-order chi connectivity index (χ0) is 13.0. The Bertz CT molecular complexity index is 771. The minimum Gasteiger partial charge on any atom is -0.269 e. The van der Waals surface area contributed by atoms with Gasteiger partial charge in [0.05, 0.1) is 5.39 Å². The fourth-order valence-electron chi connectivity index (χ4n) is 3.02. The number of hydrogen-bond donors (Lipinski definition) is 0. The van der Waals surface area contributed by atoms with Crippen molar-refractivity contribution in [3.63, 3.8) is 0 Å². The van der Waals surface area contributed by atoms with E-state index < -0.39 is 0 Å². The molecule has 1 atom stereocenters. The first kappa shape index (κ1) is 11.3. The SMILES string of the molecule is CCc1nnc2c3c4c(sc3ncn12)C[C@@H](C)CC4. The Morgan fingerprint density at radius 3 is 3.16 bits per heavy atom. The van der Waals surface area contributed by atoms with Crippen LogP contribution >= 0.6 is 11.3 Å². The molecule has 19 heavy (non-hydrogen) atoms. The molecule has 0 aromatic carbocycles. The first-order valence-corrected chi connectivity index (χ1v) is 7.72. The van der Waals surface area contributed by atoms with Gasteiger partial charge in [-0.2, -0.15) is 0 Å². The van der Waals surface area contributed by atoms with Gasteiger partial charge < -0.3 is 0 Å². The Morgan fingerprint density at radius 1 is 1.42 bits per heavy atom. The van der Waals surface area contributed by atoms with Crippen molar-refractivity contribution in [1.82, 2.24) is 19.6 Å². The van der Waals surface area contributed by atoms with Crippen LogP contribution in [0, 0.1) is 5.92 Å². The van der Waals surface area contributed by atoms with Crippen LogP contribution in [0.15, 0.2) is 6.33 Å². The molecule has 1 aliphatic carbocycles. The smallest absolute Gasteiger partial charge is 0.172 e. The number of nitrogens with zero attached hydrogens (tertiary/aromatic N) is 4. The van der Waals surface area contributed by atoms with Gasteiger partial charge in [-0.3, -0.25) is 4.40 Å². The van der Waals surface area contributed by atoms with Crippen molar-refractivity contribution in [2.24, 2.45) is 5.92 Å². The third-order valence-corrected chi connectivity index (χ3v) is 5.25. The molecular formula is C14H16N4S. The molecule has 0 fully saturated rings. The minimum absolute atomic E-state index is 0.792. The molecule has 3 aromatic rings. The number of rotatable bonds is 1. The van der Waals surface area contributed by atoms with Crippen LogP contribution in [0.5, 0.6) is 0 Å². The van der Waals surface area contributed by atoms with Gasteiger partial charge in [0, 0.05) is 11.3 Å². The molecule has 0 N–H and O–H groups in total. The van der Waals surface area contributed by atoms with E-state index in [1.165, 1.54) is 28.7 Å². The second-order valence-corrected chi connectivity index (χ2v) is 6.52. The van der Waals surface area contributed by atoms with Gasteiger partial charge in [-0.1, -0.05) is 13.8 Å². The zero-order valence-electron chi connectivity index (χ0n) is 11.2. The van der Waals surface area contributed by atoms with Gasteiger partial charge in [-0.25, -0.2) is 4.98 Å². The van der Waals surface area contributed by atoms with Crippen molar-refractivity contribution in [3.8, 4) is 0 Å². The van der Waals surface area contributed by atoms with Crippen LogP contribution in [0.2, 0.25) is 0 Å². The van der Waals surface area contributed by atoms with E-state index in [1.54, 1.807) is 0 Å². The van der Waals surface area contributed by atoms with Gasteiger partial charge >= 0.3 is 0 Å². The first-order valence-electron chi connectivity index (χ1n) is 6.90. The molecule has 4 nitrogen and oxygen atoms in total. The molecule has 3 aromatic heterocycles. The molecule has 0 spiro atoms. The molecule has 3 heterocycles. The number of thiophene rings is 1. The summed E-state index contributed by atoms with van der Waals surface area (Å²) >= 11 is 1.84. The molecule has 0 saturated heterocycles. The number of aryl methyl sites for hydroxylation is 2. The van der Waals surface area contributed by atoms with Crippen molar-refractivity contribution < 1.29 is 0 Å². The number of hydrogen-bond acceptors (Lipinski definition) is 4. The summed E-state index contributed by atoms with van der Waals surface area (Å²) < 4.78 is 2.05. The number of fused-ring (bicyclic) bond motifs is 5. The largest absolute Gasteiger partial charge is 0.269 e. The molecule has 0 unspecified atom stereocenters. The highest BCUT2D eigenvalue weighted by Crippen LogP contribution is 2.38. The maximum absolute atomic E-state index is 4.62. The lowest BCUT2D eigenvalue weighted by Gasteiger charge is -2.17. The first-order chi connectivity index (χ1) is 9.28. The third-order valence-electron chi connectivity index (χ3n) is 4.09. The maximum atomic E-state index is 4.62. The second kappa shape index (κ2) is 4.00. The van der Waals surface area contributed by atoms with E-state index in [-0.39, 0.29) is 0 Å².